The van der Waals surface area contributed by atoms with Gasteiger partial charge < -0.3 is 28.4 Å². The molecule has 22 heavy (non-hydrogen) atoms. The van der Waals surface area contributed by atoms with Crippen LogP contribution in [0.2, 0.25) is 0 Å². The first kappa shape index (κ1) is 16.6. The third kappa shape index (κ3) is 2.81. The Morgan fingerprint density at radius 2 is 1.55 bits per heavy atom. The van der Waals surface area contributed by atoms with Gasteiger partial charge in [-0.25, -0.2) is 0 Å². The van der Waals surface area contributed by atoms with Gasteiger partial charge in [-0.3, -0.25) is 4.79 Å². The molecule has 0 aliphatic carbocycles. The molecule has 8 heteroatoms. The average Bonchev–Trinajstić information content (AvgIpc) is 2.90. The molecule has 7 nitrogen and oxygen atoms in total. The highest BCUT2D eigenvalue weighted by Crippen LogP contribution is 2.45. The van der Waals surface area contributed by atoms with Gasteiger partial charge in [-0.15, -0.1) is 0 Å². The minimum Gasteiger partial charge on any atom is -0.468 e. The van der Waals surface area contributed by atoms with Gasteiger partial charge in [0.15, 0.2) is 17.9 Å². The maximum atomic E-state index is 11.9. The fraction of sp³-hybridized carbons (Fsp3) is 0.929. The standard InChI is InChI=1S/C14H21BrO7/c1-13(2)19-8-7(6(15)11(16)17-5)18-12-10(9(8)20-13)21-14(3,4)22-12/h6-10,12H,1-5H3/t6-,7-,8+,9+,10-,12-/m1/s1. The van der Waals surface area contributed by atoms with E-state index in [1.807, 2.05) is 27.7 Å². The number of hydrogen-bond donors (Lipinski definition) is 0. The summed E-state index contributed by atoms with van der Waals surface area (Å²) in [4.78, 5) is 11.2. The van der Waals surface area contributed by atoms with Crippen molar-refractivity contribution in [2.45, 2.75) is 74.8 Å². The van der Waals surface area contributed by atoms with Crippen molar-refractivity contribution >= 4 is 21.9 Å². The van der Waals surface area contributed by atoms with Crippen LogP contribution in [0.4, 0.5) is 0 Å². The van der Waals surface area contributed by atoms with Gasteiger partial charge in [0.1, 0.15) is 29.2 Å². The molecule has 3 saturated heterocycles. The van der Waals surface area contributed by atoms with E-state index in [1.54, 1.807) is 0 Å². The van der Waals surface area contributed by atoms with Crippen molar-refractivity contribution in [1.82, 2.24) is 0 Å². The van der Waals surface area contributed by atoms with Crippen LogP contribution in [0.5, 0.6) is 0 Å². The van der Waals surface area contributed by atoms with Crippen molar-refractivity contribution in [2.24, 2.45) is 0 Å². The number of hydrogen-bond acceptors (Lipinski definition) is 7. The third-order valence-corrected chi connectivity index (χ3v) is 4.80. The van der Waals surface area contributed by atoms with E-state index in [1.165, 1.54) is 7.11 Å². The van der Waals surface area contributed by atoms with E-state index in [4.69, 9.17) is 28.4 Å². The second kappa shape index (κ2) is 5.39. The van der Waals surface area contributed by atoms with Crippen LogP contribution in [-0.4, -0.2) is 60.2 Å². The number of methoxy groups -OCH3 is 1. The Kier molecular flexibility index (Phi) is 4.07. The first-order valence-corrected chi connectivity index (χ1v) is 8.14. The molecule has 0 amide bonds. The smallest absolute Gasteiger partial charge is 0.322 e. The van der Waals surface area contributed by atoms with Crippen LogP contribution in [0.15, 0.2) is 0 Å². The number of alkyl halides is 1. The lowest BCUT2D eigenvalue weighted by Gasteiger charge is -2.38. The SMILES string of the molecule is COC(=O)[C@H](Br)[C@H]1O[C@@H]2OC(C)(C)O[C@@H]2[C@H]2OC(C)(C)O[C@H]21. The molecule has 3 aliphatic rings. The number of rotatable bonds is 2. The van der Waals surface area contributed by atoms with Crippen LogP contribution >= 0.6 is 15.9 Å². The summed E-state index contributed by atoms with van der Waals surface area (Å²) in [6, 6.07) is 0. The highest BCUT2D eigenvalue weighted by atomic mass is 79.9. The molecule has 0 aromatic heterocycles. The number of halogens is 1. The number of esters is 1. The van der Waals surface area contributed by atoms with Gasteiger partial charge in [0.25, 0.3) is 0 Å². The Morgan fingerprint density at radius 3 is 2.18 bits per heavy atom. The largest absolute Gasteiger partial charge is 0.468 e. The molecule has 0 aromatic rings. The lowest BCUT2D eigenvalue weighted by molar-refractivity contribution is -0.233. The molecule has 0 aromatic carbocycles. The van der Waals surface area contributed by atoms with Gasteiger partial charge in [-0.1, -0.05) is 15.9 Å². The number of carbonyl (C=O) groups is 1. The summed E-state index contributed by atoms with van der Waals surface area (Å²) in [5.74, 6) is -2.00. The third-order valence-electron chi connectivity index (χ3n) is 3.91. The molecule has 0 spiro atoms. The maximum absolute atomic E-state index is 11.9. The van der Waals surface area contributed by atoms with Crippen LogP contribution in [0.3, 0.4) is 0 Å². The van der Waals surface area contributed by atoms with Crippen molar-refractivity contribution in [2.75, 3.05) is 7.11 Å². The van der Waals surface area contributed by atoms with Crippen LogP contribution in [-0.2, 0) is 33.2 Å². The first-order chi connectivity index (χ1) is 10.1. The van der Waals surface area contributed by atoms with Crippen molar-refractivity contribution in [1.29, 1.82) is 0 Å². The fourth-order valence-corrected chi connectivity index (χ4v) is 3.74. The summed E-state index contributed by atoms with van der Waals surface area (Å²) in [5.41, 5.74) is 0. The van der Waals surface area contributed by atoms with Crippen LogP contribution < -0.4 is 0 Å². The maximum Gasteiger partial charge on any atom is 0.322 e. The molecular formula is C14H21BrO7. The molecule has 0 radical (unpaired) electrons. The van der Waals surface area contributed by atoms with Crippen LogP contribution in [0.25, 0.3) is 0 Å². The summed E-state index contributed by atoms with van der Waals surface area (Å²) < 4.78 is 34.3. The van der Waals surface area contributed by atoms with E-state index >= 15 is 0 Å². The molecule has 0 saturated carbocycles. The van der Waals surface area contributed by atoms with Crippen molar-refractivity contribution in [3.63, 3.8) is 0 Å². The second-order valence-corrected chi connectivity index (χ2v) is 7.55. The Hall–Kier alpha value is -0.250. The van der Waals surface area contributed by atoms with Crippen molar-refractivity contribution < 1.29 is 33.2 Å². The molecule has 6 atom stereocenters. The van der Waals surface area contributed by atoms with E-state index in [-0.39, 0.29) is 6.10 Å². The summed E-state index contributed by atoms with van der Waals surface area (Å²) >= 11 is 3.33. The topological polar surface area (TPSA) is 72.5 Å². The van der Waals surface area contributed by atoms with Crippen LogP contribution in [0.1, 0.15) is 27.7 Å². The molecule has 3 rings (SSSR count). The van der Waals surface area contributed by atoms with Gasteiger partial charge in [-0.05, 0) is 27.7 Å². The predicted octanol–water partition coefficient (Wildman–Crippen LogP) is 1.32. The highest BCUT2D eigenvalue weighted by molar-refractivity contribution is 9.10. The summed E-state index contributed by atoms with van der Waals surface area (Å²) in [6.45, 7) is 7.26. The lowest BCUT2D eigenvalue weighted by Crippen LogP contribution is -2.58. The lowest BCUT2D eigenvalue weighted by atomic mass is 9.97. The highest BCUT2D eigenvalue weighted by Gasteiger charge is 2.62. The summed E-state index contributed by atoms with van der Waals surface area (Å²) in [6.07, 6.45) is -2.47. The molecule has 0 unspecified atom stereocenters. The number of ether oxygens (including phenoxy) is 6. The van der Waals surface area contributed by atoms with Crippen LogP contribution in [0, 0.1) is 0 Å². The normalized spacial score (nSPS) is 43.3. The van der Waals surface area contributed by atoms with E-state index < -0.39 is 47.0 Å². The zero-order chi connectivity index (χ0) is 16.3. The molecule has 3 aliphatic heterocycles. The van der Waals surface area contributed by atoms with Gasteiger partial charge >= 0.3 is 5.97 Å². The second-order valence-electron chi connectivity index (χ2n) is 6.56. The van der Waals surface area contributed by atoms with Gasteiger partial charge in [0, 0.05) is 0 Å². The van der Waals surface area contributed by atoms with Crippen molar-refractivity contribution in [3.8, 4) is 0 Å². The Labute approximate surface area is 137 Å². The molecule has 126 valence electrons. The van der Waals surface area contributed by atoms with Gasteiger partial charge in [0.2, 0.25) is 0 Å². The van der Waals surface area contributed by atoms with Gasteiger partial charge in [-0.2, -0.15) is 0 Å². The number of fused-ring (bicyclic) bond motifs is 3. The Bertz CT molecular complexity index is 466. The molecule has 0 bridgehead atoms. The summed E-state index contributed by atoms with van der Waals surface area (Å²) in [7, 11) is 1.33. The quantitative estimate of drug-likeness (QED) is 0.528. The minimum absolute atomic E-state index is 0.384. The molecular weight excluding hydrogens is 360 g/mol. The van der Waals surface area contributed by atoms with E-state index in [0.717, 1.165) is 0 Å². The van der Waals surface area contributed by atoms with E-state index in [9.17, 15) is 4.79 Å². The molecule has 3 heterocycles. The monoisotopic (exact) mass is 380 g/mol. The Balaban J connectivity index is 1.88. The molecule has 3 fully saturated rings. The average molecular weight is 381 g/mol. The fourth-order valence-electron chi connectivity index (χ4n) is 3.12. The molecule has 0 N–H and O–H groups in total. The Morgan fingerprint density at radius 1 is 1.00 bits per heavy atom. The van der Waals surface area contributed by atoms with E-state index in [2.05, 4.69) is 15.9 Å². The summed E-state index contributed by atoms with van der Waals surface area (Å²) in [5, 5.41) is 0. The minimum atomic E-state index is -0.787. The van der Waals surface area contributed by atoms with Crippen molar-refractivity contribution in [3.05, 3.63) is 0 Å². The number of carbonyl (C=O) groups excluding carboxylic acids is 1. The predicted molar refractivity (Wildman–Crippen MR) is 77.3 cm³/mol. The van der Waals surface area contributed by atoms with Gasteiger partial charge in [0.05, 0.1) is 7.11 Å². The zero-order valence-corrected chi connectivity index (χ0v) is 14.8. The zero-order valence-electron chi connectivity index (χ0n) is 13.2. The van der Waals surface area contributed by atoms with E-state index in [0.29, 0.717) is 0 Å². The first-order valence-electron chi connectivity index (χ1n) is 7.22.